The molecule has 0 aromatic heterocycles. The largest absolute Gasteiger partial charge is 0.325 e. The van der Waals surface area contributed by atoms with Crippen LogP contribution in [0.3, 0.4) is 0 Å². The number of amides is 1. The van der Waals surface area contributed by atoms with Crippen molar-refractivity contribution in [1.29, 1.82) is 0 Å². The average Bonchev–Trinajstić information content (AvgIpc) is 2.50. The van der Waals surface area contributed by atoms with Crippen LogP contribution in [0.15, 0.2) is 42.5 Å². The second-order valence-corrected chi connectivity index (χ2v) is 5.44. The third-order valence-electron chi connectivity index (χ3n) is 3.58. The number of nitrogens with zero attached hydrogens (tertiary/aromatic N) is 1. The smallest absolute Gasteiger partial charge is 0.238 e. The minimum atomic E-state index is -0.391. The number of aryl methyl sites for hydroxylation is 1. The summed E-state index contributed by atoms with van der Waals surface area (Å²) < 4.78 is 26.5. The zero-order valence-corrected chi connectivity index (χ0v) is 13.3. The minimum absolute atomic E-state index is 0.156. The fourth-order valence-electron chi connectivity index (χ4n) is 2.29. The molecule has 5 heteroatoms. The van der Waals surface area contributed by atoms with Gasteiger partial charge in [0.2, 0.25) is 5.91 Å². The molecule has 2 aromatic rings. The van der Waals surface area contributed by atoms with Gasteiger partial charge in [-0.2, -0.15) is 0 Å². The fourth-order valence-corrected chi connectivity index (χ4v) is 2.29. The molecule has 2 rings (SSSR count). The molecule has 0 unspecified atom stereocenters. The Morgan fingerprint density at radius 1 is 1.13 bits per heavy atom. The molecule has 0 saturated heterocycles. The lowest BCUT2D eigenvalue weighted by Crippen LogP contribution is -2.33. The van der Waals surface area contributed by atoms with E-state index in [2.05, 4.69) is 5.32 Å². The van der Waals surface area contributed by atoms with E-state index < -0.39 is 5.82 Å². The van der Waals surface area contributed by atoms with Gasteiger partial charge in [0, 0.05) is 12.2 Å². The Balaban J connectivity index is 1.98. The van der Waals surface area contributed by atoms with Crippen molar-refractivity contribution in [2.75, 3.05) is 18.4 Å². The molecule has 0 atom stereocenters. The zero-order valence-electron chi connectivity index (χ0n) is 13.3. The van der Waals surface area contributed by atoms with E-state index in [9.17, 15) is 13.6 Å². The predicted octanol–water partition coefficient (Wildman–Crippen LogP) is 3.73. The normalized spacial score (nSPS) is 10.8. The lowest BCUT2D eigenvalue weighted by atomic mass is 10.2. The third-order valence-corrected chi connectivity index (χ3v) is 3.58. The van der Waals surface area contributed by atoms with Crippen LogP contribution in [0.25, 0.3) is 0 Å². The maximum Gasteiger partial charge on any atom is 0.238 e. The van der Waals surface area contributed by atoms with Crippen molar-refractivity contribution in [3.63, 3.8) is 0 Å². The van der Waals surface area contributed by atoms with Crippen LogP contribution in [-0.4, -0.2) is 23.9 Å². The van der Waals surface area contributed by atoms with E-state index in [0.717, 1.165) is 11.1 Å². The number of carbonyl (C=O) groups excluding carboxylic acids is 1. The molecule has 0 bridgehead atoms. The lowest BCUT2D eigenvalue weighted by Gasteiger charge is -2.20. The SMILES string of the molecule is CCN(CC(=O)Nc1cc(F)ccc1C)Cc1cccc(F)c1. The number of nitrogens with one attached hydrogen (secondary N) is 1. The van der Waals surface area contributed by atoms with E-state index in [-0.39, 0.29) is 18.3 Å². The lowest BCUT2D eigenvalue weighted by molar-refractivity contribution is -0.117. The Kier molecular flexibility index (Phi) is 5.82. The van der Waals surface area contributed by atoms with E-state index in [1.54, 1.807) is 19.1 Å². The summed E-state index contributed by atoms with van der Waals surface area (Å²) in [5.74, 6) is -0.909. The van der Waals surface area contributed by atoms with Crippen LogP contribution < -0.4 is 5.32 Å². The second kappa shape index (κ2) is 7.83. The van der Waals surface area contributed by atoms with Gasteiger partial charge in [-0.3, -0.25) is 9.69 Å². The van der Waals surface area contributed by atoms with E-state index >= 15 is 0 Å². The molecule has 0 saturated carbocycles. The Morgan fingerprint density at radius 3 is 2.57 bits per heavy atom. The summed E-state index contributed by atoms with van der Waals surface area (Å²) in [4.78, 5) is 14.0. The quantitative estimate of drug-likeness (QED) is 0.880. The van der Waals surface area contributed by atoms with Gasteiger partial charge in [0.15, 0.2) is 0 Å². The van der Waals surface area contributed by atoms with E-state index in [1.165, 1.54) is 24.3 Å². The first-order valence-electron chi connectivity index (χ1n) is 7.50. The van der Waals surface area contributed by atoms with Gasteiger partial charge in [-0.05, 0) is 48.9 Å². The van der Waals surface area contributed by atoms with E-state index in [4.69, 9.17) is 0 Å². The summed E-state index contributed by atoms with van der Waals surface area (Å²) in [5.41, 5.74) is 2.08. The van der Waals surface area contributed by atoms with Gasteiger partial charge in [0.1, 0.15) is 11.6 Å². The number of hydrogen-bond donors (Lipinski definition) is 1. The van der Waals surface area contributed by atoms with Crippen molar-refractivity contribution < 1.29 is 13.6 Å². The summed E-state index contributed by atoms with van der Waals surface area (Å²) in [6.45, 7) is 5.01. The molecular weight excluding hydrogens is 298 g/mol. The molecule has 1 N–H and O–H groups in total. The van der Waals surface area contributed by atoms with Crippen molar-refractivity contribution in [2.45, 2.75) is 20.4 Å². The number of rotatable bonds is 6. The third kappa shape index (κ3) is 5.14. The molecule has 122 valence electrons. The van der Waals surface area contributed by atoms with Crippen molar-refractivity contribution in [2.24, 2.45) is 0 Å². The topological polar surface area (TPSA) is 32.3 Å². The summed E-state index contributed by atoms with van der Waals surface area (Å²) >= 11 is 0. The second-order valence-electron chi connectivity index (χ2n) is 5.44. The molecule has 0 radical (unpaired) electrons. The molecule has 0 fully saturated rings. The molecule has 0 aliphatic heterocycles. The number of halogens is 2. The molecule has 3 nitrogen and oxygen atoms in total. The highest BCUT2D eigenvalue weighted by Gasteiger charge is 2.11. The van der Waals surface area contributed by atoms with Gasteiger partial charge in [0.05, 0.1) is 6.54 Å². The minimum Gasteiger partial charge on any atom is -0.325 e. The Labute approximate surface area is 134 Å². The monoisotopic (exact) mass is 318 g/mol. The maximum absolute atomic E-state index is 13.3. The van der Waals surface area contributed by atoms with E-state index in [1.807, 2.05) is 17.9 Å². The number of hydrogen-bond acceptors (Lipinski definition) is 2. The first-order chi connectivity index (χ1) is 11.0. The van der Waals surface area contributed by atoms with Crippen LogP contribution in [-0.2, 0) is 11.3 Å². The number of anilines is 1. The highest BCUT2D eigenvalue weighted by Crippen LogP contribution is 2.16. The first-order valence-corrected chi connectivity index (χ1v) is 7.50. The van der Waals surface area contributed by atoms with Crippen molar-refractivity contribution in [3.05, 3.63) is 65.2 Å². The molecule has 2 aromatic carbocycles. The van der Waals surface area contributed by atoms with Crippen LogP contribution in [0.4, 0.5) is 14.5 Å². The van der Waals surface area contributed by atoms with Gasteiger partial charge in [-0.1, -0.05) is 25.1 Å². The van der Waals surface area contributed by atoms with Crippen LogP contribution in [0.2, 0.25) is 0 Å². The summed E-state index contributed by atoms with van der Waals surface area (Å²) in [7, 11) is 0. The zero-order chi connectivity index (χ0) is 16.8. The molecular formula is C18H20F2N2O. The predicted molar refractivity (Wildman–Crippen MR) is 87.1 cm³/mol. The van der Waals surface area contributed by atoms with Crippen molar-refractivity contribution >= 4 is 11.6 Å². The number of likely N-dealkylation sites (N-methyl/N-ethyl adjacent to an activating group) is 1. The molecule has 23 heavy (non-hydrogen) atoms. The summed E-state index contributed by atoms with van der Waals surface area (Å²) in [6, 6.07) is 10.6. The Morgan fingerprint density at radius 2 is 1.87 bits per heavy atom. The van der Waals surface area contributed by atoms with Gasteiger partial charge in [-0.25, -0.2) is 8.78 Å². The Hall–Kier alpha value is -2.27. The molecule has 0 spiro atoms. The number of carbonyl (C=O) groups is 1. The molecule has 0 heterocycles. The van der Waals surface area contributed by atoms with Gasteiger partial charge in [0.25, 0.3) is 0 Å². The van der Waals surface area contributed by atoms with Gasteiger partial charge < -0.3 is 5.32 Å². The van der Waals surface area contributed by atoms with Crippen LogP contribution in [0.1, 0.15) is 18.1 Å². The average molecular weight is 318 g/mol. The molecule has 1 amide bonds. The van der Waals surface area contributed by atoms with Gasteiger partial charge >= 0.3 is 0 Å². The number of benzene rings is 2. The molecule has 0 aliphatic rings. The fraction of sp³-hybridized carbons (Fsp3) is 0.278. The van der Waals surface area contributed by atoms with Crippen LogP contribution >= 0.6 is 0 Å². The Bertz CT molecular complexity index is 688. The summed E-state index contributed by atoms with van der Waals surface area (Å²) in [6.07, 6.45) is 0. The maximum atomic E-state index is 13.3. The highest BCUT2D eigenvalue weighted by atomic mass is 19.1. The van der Waals surface area contributed by atoms with Crippen LogP contribution in [0.5, 0.6) is 0 Å². The standard InChI is InChI=1S/C18H20F2N2O/c1-3-22(11-14-5-4-6-15(19)9-14)12-18(23)21-17-10-16(20)8-7-13(17)2/h4-10H,3,11-12H2,1-2H3,(H,21,23). The van der Waals surface area contributed by atoms with Crippen molar-refractivity contribution in [3.8, 4) is 0 Å². The summed E-state index contributed by atoms with van der Waals surface area (Å²) in [5, 5.41) is 2.72. The van der Waals surface area contributed by atoms with Gasteiger partial charge in [-0.15, -0.1) is 0 Å². The van der Waals surface area contributed by atoms with E-state index in [0.29, 0.717) is 18.8 Å². The molecule has 0 aliphatic carbocycles. The first kappa shape index (κ1) is 17.1. The van der Waals surface area contributed by atoms with Crippen LogP contribution in [0, 0.1) is 18.6 Å². The van der Waals surface area contributed by atoms with Crippen molar-refractivity contribution in [1.82, 2.24) is 4.90 Å². The highest BCUT2D eigenvalue weighted by molar-refractivity contribution is 5.92.